The molecule has 0 spiro atoms. The van der Waals surface area contributed by atoms with Crippen molar-refractivity contribution >= 4 is 11.8 Å². The third-order valence-electron chi connectivity index (χ3n) is 4.68. The number of rotatable bonds is 4. The molecule has 2 amide bonds. The fourth-order valence-corrected chi connectivity index (χ4v) is 3.21. The summed E-state index contributed by atoms with van der Waals surface area (Å²) in [5.74, 6) is -0.315. The molecule has 1 heterocycles. The van der Waals surface area contributed by atoms with Crippen LogP contribution in [0.3, 0.4) is 0 Å². The number of nitrogens with zero attached hydrogens (tertiary/aromatic N) is 1. The summed E-state index contributed by atoms with van der Waals surface area (Å²) in [6.45, 7) is 4.35. The number of allylic oxidation sites excluding steroid dienone is 2. The molecule has 1 aliphatic carbocycles. The number of carbonyl (C=O) groups excluding carboxylic acids is 2. The van der Waals surface area contributed by atoms with Gasteiger partial charge in [-0.3, -0.25) is 14.5 Å². The van der Waals surface area contributed by atoms with E-state index in [-0.39, 0.29) is 23.7 Å². The highest BCUT2D eigenvalue weighted by Crippen LogP contribution is 2.40. The molecule has 4 nitrogen and oxygen atoms in total. The van der Waals surface area contributed by atoms with Crippen LogP contribution >= 0.6 is 0 Å². The maximum absolute atomic E-state index is 12.5. The van der Waals surface area contributed by atoms with Gasteiger partial charge in [-0.2, -0.15) is 0 Å². The second-order valence-corrected chi connectivity index (χ2v) is 5.30. The number of imide groups is 1. The second kappa shape index (κ2) is 4.84. The quantitative estimate of drug-likeness (QED) is 0.607. The predicted molar refractivity (Wildman–Crippen MR) is 69.6 cm³/mol. The normalized spacial score (nSPS) is 27.8. The second-order valence-electron chi connectivity index (χ2n) is 5.30. The molecular weight excluding hydrogens is 228 g/mol. The molecule has 0 aromatic heterocycles. The number of carbonyl (C=O) groups is 2. The highest BCUT2D eigenvalue weighted by molar-refractivity contribution is 6.06. The largest absolute Gasteiger partial charge is 0.328 e. The summed E-state index contributed by atoms with van der Waals surface area (Å²) < 4.78 is 0. The Labute approximate surface area is 108 Å². The molecule has 2 atom stereocenters. The summed E-state index contributed by atoms with van der Waals surface area (Å²) in [6.07, 6.45) is 6.87. The van der Waals surface area contributed by atoms with Gasteiger partial charge in [0.1, 0.15) is 0 Å². The Morgan fingerprint density at radius 3 is 1.94 bits per heavy atom. The van der Waals surface area contributed by atoms with Crippen molar-refractivity contribution in [3.05, 3.63) is 12.2 Å². The molecule has 100 valence electrons. The molecule has 4 heteroatoms. The molecule has 0 aromatic carbocycles. The van der Waals surface area contributed by atoms with E-state index in [1.54, 1.807) is 0 Å². The summed E-state index contributed by atoms with van der Waals surface area (Å²) in [4.78, 5) is 26.5. The van der Waals surface area contributed by atoms with Gasteiger partial charge in [-0.25, -0.2) is 0 Å². The van der Waals surface area contributed by atoms with Crippen molar-refractivity contribution in [3.63, 3.8) is 0 Å². The van der Waals surface area contributed by atoms with E-state index in [1.807, 2.05) is 26.0 Å². The Morgan fingerprint density at radius 2 is 1.61 bits per heavy atom. The summed E-state index contributed by atoms with van der Waals surface area (Å²) in [6, 6.07) is 0. The molecule has 2 rings (SSSR count). The molecule has 2 N–H and O–H groups in total. The van der Waals surface area contributed by atoms with Crippen LogP contribution < -0.4 is 5.73 Å². The van der Waals surface area contributed by atoms with Crippen LogP contribution in [0.1, 0.15) is 39.5 Å². The van der Waals surface area contributed by atoms with Crippen LogP contribution in [-0.2, 0) is 9.59 Å². The number of likely N-dealkylation sites (tertiary alicyclic amines) is 1. The van der Waals surface area contributed by atoms with Crippen LogP contribution in [0, 0.1) is 11.8 Å². The molecule has 1 aliphatic heterocycles. The molecule has 1 fully saturated rings. The average molecular weight is 250 g/mol. The number of nitrogens with two attached hydrogens (primary N) is 1. The van der Waals surface area contributed by atoms with Gasteiger partial charge in [0.25, 0.3) is 0 Å². The molecule has 2 unspecified atom stereocenters. The first-order chi connectivity index (χ1) is 8.61. The zero-order chi connectivity index (χ0) is 13.3. The Bertz CT molecular complexity index is 351. The van der Waals surface area contributed by atoms with Crippen LogP contribution in [-0.4, -0.2) is 28.8 Å². The van der Waals surface area contributed by atoms with Crippen molar-refractivity contribution < 1.29 is 9.59 Å². The minimum atomic E-state index is -0.481. The molecule has 18 heavy (non-hydrogen) atoms. The van der Waals surface area contributed by atoms with Gasteiger partial charge in [0, 0.05) is 6.54 Å². The van der Waals surface area contributed by atoms with E-state index in [0.717, 1.165) is 12.8 Å². The van der Waals surface area contributed by atoms with Gasteiger partial charge in [-0.1, -0.05) is 26.0 Å². The highest BCUT2D eigenvalue weighted by atomic mass is 16.2. The highest BCUT2D eigenvalue weighted by Gasteiger charge is 2.53. The van der Waals surface area contributed by atoms with E-state index in [2.05, 4.69) is 0 Å². The van der Waals surface area contributed by atoms with Crippen molar-refractivity contribution in [2.24, 2.45) is 17.6 Å². The molecule has 0 saturated carbocycles. The zero-order valence-corrected chi connectivity index (χ0v) is 11.2. The first-order valence-corrected chi connectivity index (χ1v) is 6.84. The lowest BCUT2D eigenvalue weighted by atomic mass is 9.85. The van der Waals surface area contributed by atoms with Gasteiger partial charge < -0.3 is 5.73 Å². The smallest absolute Gasteiger partial charge is 0.233 e. The van der Waals surface area contributed by atoms with E-state index in [4.69, 9.17) is 5.73 Å². The van der Waals surface area contributed by atoms with Gasteiger partial charge in [-0.15, -0.1) is 0 Å². The lowest BCUT2D eigenvalue weighted by molar-refractivity contribution is -0.147. The van der Waals surface area contributed by atoms with E-state index in [9.17, 15) is 9.59 Å². The van der Waals surface area contributed by atoms with Crippen molar-refractivity contribution in [1.29, 1.82) is 0 Å². The lowest BCUT2D eigenvalue weighted by Crippen LogP contribution is -2.56. The molecular formula is C14H22N2O2. The van der Waals surface area contributed by atoms with Gasteiger partial charge >= 0.3 is 0 Å². The fourth-order valence-electron chi connectivity index (χ4n) is 3.21. The van der Waals surface area contributed by atoms with Crippen LogP contribution in [0.4, 0.5) is 0 Å². The van der Waals surface area contributed by atoms with Crippen LogP contribution in [0.25, 0.3) is 0 Å². The third-order valence-corrected chi connectivity index (χ3v) is 4.68. The van der Waals surface area contributed by atoms with Crippen molar-refractivity contribution in [2.45, 2.75) is 45.1 Å². The predicted octanol–water partition coefficient (Wildman–Crippen LogP) is 1.46. The van der Waals surface area contributed by atoms with Crippen LogP contribution in [0.5, 0.6) is 0 Å². The Balaban J connectivity index is 2.35. The minimum absolute atomic E-state index is 0.0106. The molecule has 0 bridgehead atoms. The molecule has 1 saturated heterocycles. The number of fused-ring (bicyclic) bond motifs is 1. The third kappa shape index (κ3) is 1.70. The van der Waals surface area contributed by atoms with Crippen LogP contribution in [0.2, 0.25) is 0 Å². The number of amides is 2. The SMILES string of the molecule is CCC(CC)(CN)N1C(=O)C2CC=CCC2C1=O. The van der Waals surface area contributed by atoms with E-state index in [1.165, 1.54) is 4.90 Å². The van der Waals surface area contributed by atoms with Gasteiger partial charge in [0.05, 0.1) is 17.4 Å². The first-order valence-electron chi connectivity index (χ1n) is 6.84. The van der Waals surface area contributed by atoms with E-state index in [0.29, 0.717) is 19.4 Å². The zero-order valence-electron chi connectivity index (χ0n) is 11.2. The topological polar surface area (TPSA) is 63.4 Å². The van der Waals surface area contributed by atoms with Crippen LogP contribution in [0.15, 0.2) is 12.2 Å². The standard InChI is InChI=1S/C14H22N2O2/c1-3-14(4-2,9-15)16-12(17)10-7-5-6-8-11(10)13(16)18/h5-6,10-11H,3-4,7-9,15H2,1-2H3. The monoisotopic (exact) mass is 250 g/mol. The Morgan fingerprint density at radius 1 is 1.17 bits per heavy atom. The van der Waals surface area contributed by atoms with E-state index < -0.39 is 5.54 Å². The molecule has 0 aromatic rings. The average Bonchev–Trinajstić information content (AvgIpc) is 2.67. The van der Waals surface area contributed by atoms with Gasteiger partial charge in [0.2, 0.25) is 11.8 Å². The Kier molecular flexibility index (Phi) is 3.57. The van der Waals surface area contributed by atoms with Crippen molar-refractivity contribution in [2.75, 3.05) is 6.54 Å². The van der Waals surface area contributed by atoms with Gasteiger partial charge in [-0.05, 0) is 25.7 Å². The fraction of sp³-hybridized carbons (Fsp3) is 0.714. The van der Waals surface area contributed by atoms with Crippen molar-refractivity contribution in [1.82, 2.24) is 4.90 Å². The first kappa shape index (κ1) is 13.3. The molecule has 0 radical (unpaired) electrons. The minimum Gasteiger partial charge on any atom is -0.328 e. The van der Waals surface area contributed by atoms with E-state index >= 15 is 0 Å². The summed E-state index contributed by atoms with van der Waals surface area (Å²) in [5.41, 5.74) is 5.38. The van der Waals surface area contributed by atoms with Crippen molar-refractivity contribution in [3.8, 4) is 0 Å². The summed E-state index contributed by atoms with van der Waals surface area (Å²) in [7, 11) is 0. The maximum atomic E-state index is 12.5. The summed E-state index contributed by atoms with van der Waals surface area (Å²) in [5, 5.41) is 0. The maximum Gasteiger partial charge on any atom is 0.233 e. The Hall–Kier alpha value is -1.16. The van der Waals surface area contributed by atoms with Gasteiger partial charge in [0.15, 0.2) is 0 Å². The number of hydrogen-bond donors (Lipinski definition) is 1. The number of hydrogen-bond acceptors (Lipinski definition) is 3. The lowest BCUT2D eigenvalue weighted by Gasteiger charge is -2.38. The summed E-state index contributed by atoms with van der Waals surface area (Å²) >= 11 is 0. The molecule has 2 aliphatic rings.